The molecule has 3 N–H and O–H groups in total. The molecule has 58 heavy (non-hydrogen) atoms. The molecule has 1 aromatic heterocycles. The van der Waals surface area contributed by atoms with Gasteiger partial charge in [0, 0.05) is 51.1 Å². The standard InChI is InChI=1S/C42H58FN7O8/c1-42(2,3)58-41(55)45-37(30-10-6-5-7-11-30)39(53)44-16-22-56-24-25-57-23-21-48(4)28-36(51)49-17-19-50(20-18-49)40(54)33-26-29(14-15-34(33)43)27-35-31-12-8-9-13-32(31)38(52)47-46-35/h8-9,12-15,26,30,37H,5-7,10-11,16-25,27-28H2,1-4H3,(H,44,53)(H,45,55)(H,47,52)/t37-/m1/s1. The van der Waals surface area contributed by atoms with Crippen molar-refractivity contribution in [3.05, 3.63) is 75.5 Å². The summed E-state index contributed by atoms with van der Waals surface area (Å²) in [5, 5.41) is 13.6. The summed E-state index contributed by atoms with van der Waals surface area (Å²) in [6.45, 7) is 8.96. The van der Waals surface area contributed by atoms with Crippen molar-refractivity contribution in [3.8, 4) is 0 Å². The van der Waals surface area contributed by atoms with Crippen LogP contribution in [-0.4, -0.2) is 140 Å². The van der Waals surface area contributed by atoms with Crippen molar-refractivity contribution in [1.29, 1.82) is 0 Å². The van der Waals surface area contributed by atoms with Crippen LogP contribution in [0.4, 0.5) is 9.18 Å². The van der Waals surface area contributed by atoms with Crippen LogP contribution in [-0.2, 0) is 30.2 Å². The SMILES string of the molecule is CN(CCOCCOCCNC(=O)[C@H](NC(=O)OC(C)(C)C)C1CCCCC1)CC(=O)N1CCN(C(=O)c2cc(Cc3n[nH]c(=O)c4ccccc34)ccc2F)CC1. The maximum absolute atomic E-state index is 14.9. The zero-order valence-corrected chi connectivity index (χ0v) is 34.1. The highest BCUT2D eigenvalue weighted by atomic mass is 19.1. The first-order chi connectivity index (χ1) is 27.8. The summed E-state index contributed by atoms with van der Waals surface area (Å²) in [5.74, 6) is -1.31. The van der Waals surface area contributed by atoms with Gasteiger partial charge in [-0.1, -0.05) is 43.5 Å². The van der Waals surface area contributed by atoms with E-state index in [1.165, 1.54) is 12.1 Å². The fourth-order valence-electron chi connectivity index (χ4n) is 7.28. The number of nitrogens with zero attached hydrogens (tertiary/aromatic N) is 4. The third-order valence-electron chi connectivity index (χ3n) is 10.3. The van der Waals surface area contributed by atoms with Crippen LogP contribution in [0.1, 0.15) is 74.5 Å². The van der Waals surface area contributed by atoms with Gasteiger partial charge >= 0.3 is 6.09 Å². The average Bonchev–Trinajstić information content (AvgIpc) is 3.20. The molecule has 2 fully saturated rings. The monoisotopic (exact) mass is 807 g/mol. The number of nitrogens with one attached hydrogen (secondary N) is 3. The van der Waals surface area contributed by atoms with Gasteiger partial charge in [0.1, 0.15) is 17.5 Å². The molecule has 1 aliphatic carbocycles. The van der Waals surface area contributed by atoms with Gasteiger partial charge in [-0.2, -0.15) is 5.10 Å². The second-order valence-corrected chi connectivity index (χ2v) is 16.0. The Hall–Kier alpha value is -4.93. The predicted molar refractivity (Wildman–Crippen MR) is 216 cm³/mol. The minimum absolute atomic E-state index is 0.0457. The lowest BCUT2D eigenvalue weighted by Crippen LogP contribution is -2.52. The average molecular weight is 808 g/mol. The summed E-state index contributed by atoms with van der Waals surface area (Å²) in [7, 11) is 1.83. The predicted octanol–water partition coefficient (Wildman–Crippen LogP) is 3.49. The number of aromatic nitrogens is 2. The van der Waals surface area contributed by atoms with Gasteiger partial charge < -0.3 is 34.6 Å². The zero-order chi connectivity index (χ0) is 41.7. The number of ether oxygens (including phenoxy) is 3. The van der Waals surface area contributed by atoms with E-state index in [1.807, 2.05) is 24.1 Å². The molecular weight excluding hydrogens is 750 g/mol. The highest BCUT2D eigenvalue weighted by Crippen LogP contribution is 2.27. The third kappa shape index (κ3) is 13.0. The Balaban J connectivity index is 0.953. The van der Waals surface area contributed by atoms with E-state index in [1.54, 1.807) is 48.8 Å². The molecule has 1 aliphatic heterocycles. The maximum atomic E-state index is 14.9. The van der Waals surface area contributed by atoms with Gasteiger partial charge in [0.2, 0.25) is 11.8 Å². The molecule has 4 amide bonds. The van der Waals surface area contributed by atoms with Crippen molar-refractivity contribution in [2.75, 3.05) is 79.3 Å². The van der Waals surface area contributed by atoms with E-state index >= 15 is 0 Å². The lowest BCUT2D eigenvalue weighted by molar-refractivity contribution is -0.133. The first-order valence-corrected chi connectivity index (χ1v) is 20.2. The van der Waals surface area contributed by atoms with Crippen LogP contribution >= 0.6 is 0 Å². The van der Waals surface area contributed by atoms with Crippen molar-refractivity contribution in [2.45, 2.75) is 70.9 Å². The second kappa shape index (κ2) is 21.2. The van der Waals surface area contributed by atoms with Crippen molar-refractivity contribution in [1.82, 2.24) is 35.5 Å². The van der Waals surface area contributed by atoms with Crippen LogP contribution in [0.15, 0.2) is 47.3 Å². The quantitative estimate of drug-likeness (QED) is 0.171. The van der Waals surface area contributed by atoms with E-state index in [4.69, 9.17) is 14.2 Å². The molecule has 0 unspecified atom stereocenters. The van der Waals surface area contributed by atoms with Gasteiger partial charge in [-0.3, -0.25) is 24.1 Å². The Labute approximate surface area is 338 Å². The summed E-state index contributed by atoms with van der Waals surface area (Å²) >= 11 is 0. The fraction of sp³-hybridized carbons (Fsp3) is 0.571. The first-order valence-electron chi connectivity index (χ1n) is 20.2. The third-order valence-corrected chi connectivity index (χ3v) is 10.3. The van der Waals surface area contributed by atoms with E-state index in [2.05, 4.69) is 20.8 Å². The number of alkyl carbamates (subject to hydrolysis) is 1. The van der Waals surface area contributed by atoms with Crippen LogP contribution in [0.3, 0.4) is 0 Å². The number of fused-ring (bicyclic) bond motifs is 1. The van der Waals surface area contributed by atoms with E-state index in [0.29, 0.717) is 81.1 Å². The largest absolute Gasteiger partial charge is 0.444 e. The Morgan fingerprint density at radius 3 is 2.31 bits per heavy atom. The highest BCUT2D eigenvalue weighted by molar-refractivity contribution is 5.95. The van der Waals surface area contributed by atoms with Crippen LogP contribution in [0.2, 0.25) is 0 Å². The van der Waals surface area contributed by atoms with Crippen LogP contribution in [0.5, 0.6) is 0 Å². The summed E-state index contributed by atoms with van der Waals surface area (Å²) in [4.78, 5) is 69.2. The van der Waals surface area contributed by atoms with Crippen LogP contribution in [0.25, 0.3) is 10.8 Å². The number of likely N-dealkylation sites (N-methyl/N-ethyl adjacent to an activating group) is 1. The molecule has 16 heteroatoms. The number of aromatic amines is 1. The minimum atomic E-state index is -0.659. The molecule has 2 aromatic carbocycles. The van der Waals surface area contributed by atoms with E-state index in [9.17, 15) is 28.4 Å². The Bertz CT molecular complexity index is 1920. The van der Waals surface area contributed by atoms with Crippen molar-refractivity contribution in [2.24, 2.45) is 5.92 Å². The van der Waals surface area contributed by atoms with Gasteiger partial charge in [0.05, 0.1) is 49.6 Å². The first kappa shape index (κ1) is 44.2. The molecule has 0 radical (unpaired) electrons. The van der Waals surface area contributed by atoms with Gasteiger partial charge in [-0.05, 0) is 70.3 Å². The molecule has 2 heterocycles. The molecule has 3 aromatic rings. The van der Waals surface area contributed by atoms with Crippen molar-refractivity contribution in [3.63, 3.8) is 0 Å². The normalized spacial score (nSPS) is 15.7. The number of hydrogen-bond donors (Lipinski definition) is 3. The van der Waals surface area contributed by atoms with Crippen LogP contribution in [0, 0.1) is 11.7 Å². The zero-order valence-electron chi connectivity index (χ0n) is 34.1. The number of amides is 4. The summed E-state index contributed by atoms with van der Waals surface area (Å²) in [6.07, 6.45) is 4.65. The van der Waals surface area contributed by atoms with Gasteiger partial charge in [0.25, 0.3) is 11.5 Å². The number of benzene rings is 2. The Kier molecular flexibility index (Phi) is 16.1. The van der Waals surface area contributed by atoms with Gasteiger partial charge in [-0.15, -0.1) is 0 Å². The Morgan fingerprint density at radius 1 is 0.931 bits per heavy atom. The number of piperazine rings is 1. The molecule has 0 spiro atoms. The number of halogens is 1. The van der Waals surface area contributed by atoms with Gasteiger partial charge in [0.15, 0.2) is 0 Å². The molecule has 0 bridgehead atoms. The number of carbonyl (C=O) groups excluding carboxylic acids is 4. The summed E-state index contributed by atoms with van der Waals surface area (Å²) < 4.78 is 31.6. The molecule has 5 rings (SSSR count). The molecule has 1 atom stereocenters. The lowest BCUT2D eigenvalue weighted by atomic mass is 9.83. The number of H-pyrrole nitrogens is 1. The van der Waals surface area contributed by atoms with Crippen molar-refractivity contribution >= 4 is 34.6 Å². The highest BCUT2D eigenvalue weighted by Gasteiger charge is 2.32. The smallest absolute Gasteiger partial charge is 0.408 e. The number of carbonyl (C=O) groups is 4. The molecule has 1 saturated heterocycles. The number of rotatable bonds is 17. The van der Waals surface area contributed by atoms with Crippen LogP contribution < -0.4 is 16.2 Å². The maximum Gasteiger partial charge on any atom is 0.408 e. The topological polar surface area (TPSA) is 175 Å². The summed E-state index contributed by atoms with van der Waals surface area (Å²) in [5.41, 5.74) is 0.296. The molecule has 2 aliphatic rings. The molecule has 15 nitrogen and oxygen atoms in total. The Morgan fingerprint density at radius 2 is 1.60 bits per heavy atom. The molecular formula is C42H58FN7O8. The van der Waals surface area contributed by atoms with E-state index < -0.39 is 29.5 Å². The van der Waals surface area contributed by atoms with E-state index in [0.717, 1.165) is 32.1 Å². The number of hydrogen-bond acceptors (Lipinski definition) is 10. The van der Waals surface area contributed by atoms with Gasteiger partial charge in [-0.25, -0.2) is 14.3 Å². The van der Waals surface area contributed by atoms with Crippen molar-refractivity contribution < 1.29 is 37.8 Å². The lowest BCUT2D eigenvalue weighted by Gasteiger charge is -2.35. The fourth-order valence-corrected chi connectivity index (χ4v) is 7.28. The van der Waals surface area contributed by atoms with E-state index in [-0.39, 0.29) is 48.5 Å². The molecule has 1 saturated carbocycles. The minimum Gasteiger partial charge on any atom is -0.444 e. The second-order valence-electron chi connectivity index (χ2n) is 16.0. The summed E-state index contributed by atoms with van der Waals surface area (Å²) in [6, 6.07) is 10.9. The molecule has 316 valence electrons.